The summed E-state index contributed by atoms with van der Waals surface area (Å²) in [6.07, 6.45) is 8.24. The summed E-state index contributed by atoms with van der Waals surface area (Å²) in [6, 6.07) is 11.3. The zero-order valence-electron chi connectivity index (χ0n) is 17.3. The number of amides is 1. The van der Waals surface area contributed by atoms with Gasteiger partial charge in [-0.1, -0.05) is 18.2 Å². The van der Waals surface area contributed by atoms with E-state index in [1.165, 1.54) is 6.42 Å². The molecule has 1 aliphatic carbocycles. The molecule has 3 aromatic rings. The minimum absolute atomic E-state index is 0.0319. The summed E-state index contributed by atoms with van der Waals surface area (Å²) < 4.78 is 6.27. The average Bonchev–Trinajstić information content (AvgIpc) is 3.17. The molecule has 2 fully saturated rings. The normalized spacial score (nSPS) is 21.0. The van der Waals surface area contributed by atoms with Crippen molar-refractivity contribution in [3.8, 4) is 22.6 Å². The van der Waals surface area contributed by atoms with Crippen LogP contribution in [0.1, 0.15) is 19.3 Å². The lowest BCUT2D eigenvalue weighted by Gasteiger charge is -2.35. The molecule has 2 aromatic carbocycles. The molecule has 0 spiro atoms. The molecule has 0 atom stereocenters. The van der Waals surface area contributed by atoms with Gasteiger partial charge in [-0.25, -0.2) is 0 Å². The number of carbonyl (C=O) groups excluding carboxylic acids is 1. The van der Waals surface area contributed by atoms with Crippen LogP contribution in [0, 0.1) is 0 Å². The van der Waals surface area contributed by atoms with Gasteiger partial charge in [0.05, 0.1) is 17.1 Å². The van der Waals surface area contributed by atoms with Crippen LogP contribution in [0.3, 0.4) is 0 Å². The number of rotatable bonds is 7. The highest BCUT2D eigenvalue weighted by atomic mass is 16.5. The van der Waals surface area contributed by atoms with Crippen molar-refractivity contribution in [3.05, 3.63) is 54.7 Å². The predicted octanol–water partition coefficient (Wildman–Crippen LogP) is 3.22. The molecule has 0 unspecified atom stereocenters. The summed E-state index contributed by atoms with van der Waals surface area (Å²) in [7, 11) is 0. The van der Waals surface area contributed by atoms with Gasteiger partial charge >= 0.3 is 0 Å². The highest BCUT2D eigenvalue weighted by molar-refractivity contribution is 5.90. The largest absolute Gasteiger partial charge is 0.508 e. The van der Waals surface area contributed by atoms with Crippen molar-refractivity contribution in [1.82, 2.24) is 20.4 Å². The molecule has 5 rings (SSSR count). The van der Waals surface area contributed by atoms with Crippen LogP contribution >= 0.6 is 0 Å². The minimum Gasteiger partial charge on any atom is -0.508 e. The molecular weight excluding hydrogens is 392 g/mol. The van der Waals surface area contributed by atoms with Gasteiger partial charge in [0.15, 0.2) is 0 Å². The number of aromatic nitrogens is 2. The topological polar surface area (TPSA) is 90.5 Å². The summed E-state index contributed by atoms with van der Waals surface area (Å²) in [5, 5.41) is 20.7. The van der Waals surface area contributed by atoms with Crippen LogP contribution < -0.4 is 10.1 Å². The molecule has 7 heteroatoms. The maximum atomic E-state index is 12.1. The molecule has 1 saturated carbocycles. The third-order valence-electron chi connectivity index (χ3n) is 6.04. The number of nitrogens with one attached hydrogen (secondary N) is 2. The molecule has 3 N–H and O–H groups in total. The number of phenols is 1. The Kier molecular flexibility index (Phi) is 5.34. The summed E-state index contributed by atoms with van der Waals surface area (Å²) in [5.41, 5.74) is 2.88. The first kappa shape index (κ1) is 19.6. The monoisotopic (exact) mass is 418 g/mol. The molecule has 2 heterocycles. The van der Waals surface area contributed by atoms with Gasteiger partial charge in [0, 0.05) is 31.5 Å². The van der Waals surface area contributed by atoms with Gasteiger partial charge in [-0.3, -0.25) is 14.8 Å². The predicted molar refractivity (Wildman–Crippen MR) is 119 cm³/mol. The Morgan fingerprint density at radius 3 is 2.77 bits per heavy atom. The van der Waals surface area contributed by atoms with Crippen LogP contribution in [0.5, 0.6) is 11.5 Å². The fourth-order valence-electron chi connectivity index (χ4n) is 4.02. The first-order valence-corrected chi connectivity index (χ1v) is 10.8. The van der Waals surface area contributed by atoms with E-state index in [1.807, 2.05) is 30.3 Å². The number of aromatic hydroxyl groups is 1. The minimum atomic E-state index is -0.0319. The van der Waals surface area contributed by atoms with Crippen LogP contribution in [0.2, 0.25) is 0 Å². The van der Waals surface area contributed by atoms with Crippen LogP contribution in [0.4, 0.5) is 0 Å². The SMILES string of the molecule is O=C(/C=C/CN1CCC1)NC1CC(Oc2cc(-c3ccc(O)cc3)cc3[nH]ncc23)C1. The van der Waals surface area contributed by atoms with Gasteiger partial charge in [-0.2, -0.15) is 5.10 Å². The number of likely N-dealkylation sites (tertiary alicyclic amines) is 1. The number of hydrogen-bond acceptors (Lipinski definition) is 5. The number of benzene rings is 2. The smallest absolute Gasteiger partial charge is 0.243 e. The molecule has 1 saturated heterocycles. The van der Waals surface area contributed by atoms with Gasteiger partial charge in [0.1, 0.15) is 17.6 Å². The highest BCUT2D eigenvalue weighted by Crippen LogP contribution is 2.35. The van der Waals surface area contributed by atoms with Crippen LogP contribution in [0.25, 0.3) is 22.0 Å². The summed E-state index contributed by atoms with van der Waals surface area (Å²) >= 11 is 0. The van der Waals surface area contributed by atoms with E-state index in [1.54, 1.807) is 24.4 Å². The zero-order valence-corrected chi connectivity index (χ0v) is 17.3. The summed E-state index contributed by atoms with van der Waals surface area (Å²) in [6.45, 7) is 3.11. The first-order chi connectivity index (χ1) is 15.1. The molecular formula is C24H26N4O3. The Bertz CT molecular complexity index is 1100. The maximum absolute atomic E-state index is 12.1. The van der Waals surface area contributed by atoms with Crippen LogP contribution in [-0.4, -0.2) is 57.9 Å². The summed E-state index contributed by atoms with van der Waals surface area (Å²) in [5.74, 6) is 0.981. The van der Waals surface area contributed by atoms with Crippen molar-refractivity contribution in [2.24, 2.45) is 0 Å². The van der Waals surface area contributed by atoms with E-state index in [2.05, 4.69) is 20.4 Å². The zero-order chi connectivity index (χ0) is 21.2. The van der Waals surface area contributed by atoms with Gasteiger partial charge < -0.3 is 15.2 Å². The van der Waals surface area contributed by atoms with E-state index in [0.717, 1.165) is 60.3 Å². The number of nitrogens with zero attached hydrogens (tertiary/aromatic N) is 2. The number of fused-ring (bicyclic) bond motifs is 1. The number of phenolic OH excluding ortho intramolecular Hbond substituents is 1. The second kappa shape index (κ2) is 8.43. The molecule has 31 heavy (non-hydrogen) atoms. The standard InChI is InChI=1S/C24H26N4O3/c29-19-6-4-16(5-7-19)17-11-22-21(15-25-27-22)23(12-17)31-20-13-18(14-20)26-24(30)3-1-8-28-9-2-10-28/h1,3-7,11-12,15,18,20,29H,2,8-10,13-14H2,(H,25,27)(H,26,30)/b3-1+. The fraction of sp³-hybridized carbons (Fsp3) is 0.333. The quantitative estimate of drug-likeness (QED) is 0.513. The van der Waals surface area contributed by atoms with Gasteiger partial charge in [-0.05, 0) is 54.9 Å². The van der Waals surface area contributed by atoms with E-state index in [-0.39, 0.29) is 23.8 Å². The van der Waals surface area contributed by atoms with E-state index in [9.17, 15) is 9.90 Å². The Balaban J connectivity index is 1.20. The third kappa shape index (κ3) is 4.41. The highest BCUT2D eigenvalue weighted by Gasteiger charge is 2.32. The van der Waals surface area contributed by atoms with Crippen molar-refractivity contribution in [2.75, 3.05) is 19.6 Å². The number of aromatic amines is 1. The van der Waals surface area contributed by atoms with Crippen molar-refractivity contribution >= 4 is 16.8 Å². The lowest BCUT2D eigenvalue weighted by atomic mass is 9.89. The lowest BCUT2D eigenvalue weighted by molar-refractivity contribution is -0.118. The second-order valence-corrected chi connectivity index (χ2v) is 8.33. The summed E-state index contributed by atoms with van der Waals surface area (Å²) in [4.78, 5) is 14.4. The molecule has 7 nitrogen and oxygen atoms in total. The molecule has 1 aromatic heterocycles. The molecule has 2 aliphatic rings. The number of H-pyrrole nitrogens is 1. The average molecular weight is 418 g/mol. The lowest BCUT2D eigenvalue weighted by Crippen LogP contribution is -2.48. The fourth-order valence-corrected chi connectivity index (χ4v) is 4.02. The van der Waals surface area contributed by atoms with Crippen molar-refractivity contribution in [2.45, 2.75) is 31.4 Å². The van der Waals surface area contributed by atoms with Gasteiger partial charge in [-0.15, -0.1) is 0 Å². The van der Waals surface area contributed by atoms with E-state index >= 15 is 0 Å². The molecule has 0 bridgehead atoms. The Labute approximate surface area is 180 Å². The molecule has 0 radical (unpaired) electrons. The van der Waals surface area contributed by atoms with Gasteiger partial charge in [0.2, 0.25) is 5.91 Å². The molecule has 1 amide bonds. The van der Waals surface area contributed by atoms with E-state index < -0.39 is 0 Å². The Morgan fingerprint density at radius 2 is 2.03 bits per heavy atom. The van der Waals surface area contributed by atoms with Gasteiger partial charge in [0.25, 0.3) is 0 Å². The van der Waals surface area contributed by atoms with Crippen LogP contribution in [0.15, 0.2) is 54.7 Å². The number of hydrogen-bond donors (Lipinski definition) is 3. The molecule has 160 valence electrons. The van der Waals surface area contributed by atoms with Crippen molar-refractivity contribution < 1.29 is 14.6 Å². The Hall–Kier alpha value is -3.32. The third-order valence-corrected chi connectivity index (χ3v) is 6.04. The number of carbonyl (C=O) groups is 1. The van der Waals surface area contributed by atoms with Crippen LogP contribution in [-0.2, 0) is 4.79 Å². The van der Waals surface area contributed by atoms with E-state index in [4.69, 9.17) is 4.74 Å². The van der Waals surface area contributed by atoms with Crippen molar-refractivity contribution in [3.63, 3.8) is 0 Å². The van der Waals surface area contributed by atoms with E-state index in [0.29, 0.717) is 0 Å². The maximum Gasteiger partial charge on any atom is 0.243 e. The first-order valence-electron chi connectivity index (χ1n) is 10.8. The van der Waals surface area contributed by atoms with Crippen molar-refractivity contribution in [1.29, 1.82) is 0 Å². The second-order valence-electron chi connectivity index (χ2n) is 8.33. The number of ether oxygens (including phenoxy) is 1. The molecule has 1 aliphatic heterocycles. The Morgan fingerprint density at radius 1 is 1.23 bits per heavy atom.